The molecule has 6 heteroatoms. The van der Waals surface area contributed by atoms with Crippen molar-refractivity contribution in [3.8, 4) is 0 Å². The number of carbonyl (C=O) groups is 1. The van der Waals surface area contributed by atoms with Gasteiger partial charge in [0.25, 0.3) is 5.91 Å². The van der Waals surface area contributed by atoms with Crippen molar-refractivity contribution in [2.24, 2.45) is 5.11 Å². The molecule has 2 aromatic rings. The van der Waals surface area contributed by atoms with Crippen LogP contribution in [-0.4, -0.2) is 5.91 Å². The predicted molar refractivity (Wildman–Crippen MR) is 80.4 cm³/mol. The number of hydrogen-bond donors (Lipinski definition) is 2. The second-order valence-corrected chi connectivity index (χ2v) is 5.03. The van der Waals surface area contributed by atoms with E-state index in [1.54, 1.807) is 18.2 Å². The van der Waals surface area contributed by atoms with Gasteiger partial charge in [-0.1, -0.05) is 29.3 Å². The third-order valence-corrected chi connectivity index (χ3v) is 3.33. The van der Waals surface area contributed by atoms with Gasteiger partial charge in [0.1, 0.15) is 5.69 Å². The summed E-state index contributed by atoms with van der Waals surface area (Å²) in [4.78, 5) is 12.2. The number of hydrogen-bond acceptors (Lipinski definition) is 3. The number of amides is 1. The van der Waals surface area contributed by atoms with E-state index in [0.717, 1.165) is 5.56 Å². The minimum absolute atomic E-state index is 0.252. The van der Waals surface area contributed by atoms with Gasteiger partial charge in [-0.2, -0.15) is 5.11 Å². The topological polar surface area (TPSA) is 65.3 Å². The highest BCUT2D eigenvalue weighted by atomic mass is 35.5. The molecule has 0 saturated carbocycles. The fraction of sp³-hybridized carbons (Fsp3) is 0.0714. The van der Waals surface area contributed by atoms with Crippen LogP contribution in [0.4, 0.5) is 11.4 Å². The molecule has 1 amide bonds. The standard InChI is InChI=1S/C14H11Cl2N3O/c1-8-2-4-10(15)7-12(8)18-14(20)9-3-5-11(16)13(6-9)19-17/h2-7,17H,1H3,(H,18,20). The molecule has 0 unspecified atom stereocenters. The number of nitrogens with zero attached hydrogens (tertiary/aromatic N) is 1. The maximum absolute atomic E-state index is 12.2. The highest BCUT2D eigenvalue weighted by Crippen LogP contribution is 2.26. The van der Waals surface area contributed by atoms with Crippen molar-refractivity contribution in [2.75, 3.05) is 5.32 Å². The summed E-state index contributed by atoms with van der Waals surface area (Å²) >= 11 is 11.8. The molecule has 0 bridgehead atoms. The molecule has 0 heterocycles. The molecule has 0 saturated heterocycles. The molecule has 0 spiro atoms. The van der Waals surface area contributed by atoms with Crippen molar-refractivity contribution in [3.63, 3.8) is 0 Å². The Balaban J connectivity index is 2.28. The molecule has 2 aromatic carbocycles. The second kappa shape index (κ2) is 6.03. The van der Waals surface area contributed by atoms with E-state index in [1.165, 1.54) is 12.1 Å². The lowest BCUT2D eigenvalue weighted by atomic mass is 10.1. The van der Waals surface area contributed by atoms with Crippen LogP contribution in [0.3, 0.4) is 0 Å². The molecule has 0 aliphatic rings. The molecule has 4 nitrogen and oxygen atoms in total. The molecule has 0 aromatic heterocycles. The first-order valence-corrected chi connectivity index (χ1v) is 6.51. The minimum atomic E-state index is -0.308. The molecule has 0 atom stereocenters. The first-order valence-electron chi connectivity index (χ1n) is 5.76. The van der Waals surface area contributed by atoms with Crippen molar-refractivity contribution in [2.45, 2.75) is 6.92 Å². The molecule has 0 aliphatic heterocycles. The van der Waals surface area contributed by atoms with Gasteiger partial charge in [0.05, 0.1) is 5.02 Å². The summed E-state index contributed by atoms with van der Waals surface area (Å²) < 4.78 is 0. The average Bonchev–Trinajstić information content (AvgIpc) is 2.43. The van der Waals surface area contributed by atoms with Crippen LogP contribution in [0.1, 0.15) is 15.9 Å². The van der Waals surface area contributed by atoms with Crippen LogP contribution in [0.2, 0.25) is 10.0 Å². The van der Waals surface area contributed by atoms with Crippen molar-refractivity contribution in [3.05, 3.63) is 57.6 Å². The molecule has 2 rings (SSSR count). The maximum atomic E-state index is 12.2. The summed E-state index contributed by atoms with van der Waals surface area (Å²) in [6, 6.07) is 9.84. The number of rotatable bonds is 3. The monoisotopic (exact) mass is 307 g/mol. The first-order chi connectivity index (χ1) is 9.51. The number of nitrogens with one attached hydrogen (secondary N) is 2. The Bertz CT molecular complexity index is 686. The van der Waals surface area contributed by atoms with Gasteiger partial charge in [-0.3, -0.25) is 4.79 Å². The molecular weight excluding hydrogens is 297 g/mol. The van der Waals surface area contributed by atoms with Crippen molar-refractivity contribution < 1.29 is 4.79 Å². The van der Waals surface area contributed by atoms with Gasteiger partial charge < -0.3 is 5.32 Å². The van der Waals surface area contributed by atoms with Crippen molar-refractivity contribution in [1.29, 1.82) is 5.53 Å². The number of aryl methyl sites for hydroxylation is 1. The molecule has 2 N–H and O–H groups in total. The summed E-state index contributed by atoms with van der Waals surface area (Å²) in [5, 5.41) is 6.91. The average molecular weight is 308 g/mol. The van der Waals surface area contributed by atoms with Crippen LogP contribution in [-0.2, 0) is 0 Å². The van der Waals surface area contributed by atoms with E-state index in [9.17, 15) is 4.79 Å². The summed E-state index contributed by atoms with van der Waals surface area (Å²) in [5.41, 5.74) is 9.17. The van der Waals surface area contributed by atoms with Crippen LogP contribution in [0.15, 0.2) is 41.5 Å². The molecule has 102 valence electrons. The third-order valence-electron chi connectivity index (χ3n) is 2.78. The van der Waals surface area contributed by atoms with Gasteiger partial charge in [0.15, 0.2) is 0 Å². The molecular formula is C14H11Cl2N3O. The number of carbonyl (C=O) groups excluding carboxylic acids is 1. The first kappa shape index (κ1) is 14.5. The van der Waals surface area contributed by atoms with Crippen molar-refractivity contribution >= 4 is 40.5 Å². The molecule has 20 heavy (non-hydrogen) atoms. The van der Waals surface area contributed by atoms with E-state index in [2.05, 4.69) is 10.4 Å². The van der Waals surface area contributed by atoms with E-state index in [4.69, 9.17) is 28.7 Å². The Labute approximate surface area is 126 Å². The van der Waals surface area contributed by atoms with Crippen LogP contribution in [0.25, 0.3) is 0 Å². The lowest BCUT2D eigenvalue weighted by Crippen LogP contribution is -2.12. The Kier molecular flexibility index (Phi) is 4.37. The maximum Gasteiger partial charge on any atom is 0.255 e. The smallest absolute Gasteiger partial charge is 0.255 e. The summed E-state index contributed by atoms with van der Waals surface area (Å²) in [5.74, 6) is -0.308. The van der Waals surface area contributed by atoms with Gasteiger partial charge in [-0.05, 0) is 42.8 Å². The Morgan fingerprint density at radius 2 is 1.95 bits per heavy atom. The van der Waals surface area contributed by atoms with E-state index >= 15 is 0 Å². The van der Waals surface area contributed by atoms with Gasteiger partial charge in [0.2, 0.25) is 0 Å². The SMILES string of the molecule is Cc1ccc(Cl)cc1NC(=O)c1ccc(Cl)c(N=N)c1. The molecule has 0 aliphatic carbocycles. The van der Waals surface area contributed by atoms with E-state index in [0.29, 0.717) is 21.3 Å². The predicted octanol–water partition coefficient (Wildman–Crippen LogP) is 5.22. The normalized spacial score (nSPS) is 10.2. The third kappa shape index (κ3) is 3.15. The van der Waals surface area contributed by atoms with Crippen LogP contribution in [0.5, 0.6) is 0 Å². The highest BCUT2D eigenvalue weighted by Gasteiger charge is 2.10. The van der Waals surface area contributed by atoms with Gasteiger partial charge in [-0.25, -0.2) is 5.53 Å². The summed E-state index contributed by atoms with van der Waals surface area (Å²) in [6.45, 7) is 1.87. The lowest BCUT2D eigenvalue weighted by Gasteiger charge is -2.09. The minimum Gasteiger partial charge on any atom is -0.322 e. The summed E-state index contributed by atoms with van der Waals surface area (Å²) in [7, 11) is 0. The molecule has 0 fully saturated rings. The van der Waals surface area contributed by atoms with Crippen molar-refractivity contribution in [1.82, 2.24) is 0 Å². The quantitative estimate of drug-likeness (QED) is 0.750. The fourth-order valence-corrected chi connectivity index (χ4v) is 1.99. The zero-order valence-corrected chi connectivity index (χ0v) is 12.1. The van der Waals surface area contributed by atoms with Crippen LogP contribution < -0.4 is 5.32 Å². The van der Waals surface area contributed by atoms with Crippen LogP contribution >= 0.6 is 23.2 Å². The van der Waals surface area contributed by atoms with E-state index in [-0.39, 0.29) is 11.6 Å². The number of anilines is 1. The van der Waals surface area contributed by atoms with Gasteiger partial charge >= 0.3 is 0 Å². The second-order valence-electron chi connectivity index (χ2n) is 4.19. The van der Waals surface area contributed by atoms with Gasteiger partial charge in [-0.15, -0.1) is 0 Å². The highest BCUT2D eigenvalue weighted by molar-refractivity contribution is 6.33. The Hall–Kier alpha value is -1.91. The van der Waals surface area contributed by atoms with E-state index < -0.39 is 0 Å². The largest absolute Gasteiger partial charge is 0.322 e. The summed E-state index contributed by atoms with van der Waals surface area (Å²) in [6.07, 6.45) is 0. The zero-order valence-electron chi connectivity index (χ0n) is 10.6. The molecule has 0 radical (unpaired) electrons. The fourth-order valence-electron chi connectivity index (χ4n) is 1.66. The number of halogens is 2. The Morgan fingerprint density at radius 3 is 2.65 bits per heavy atom. The van der Waals surface area contributed by atoms with Crippen LogP contribution in [0, 0.1) is 12.5 Å². The number of benzene rings is 2. The van der Waals surface area contributed by atoms with Gasteiger partial charge in [0, 0.05) is 16.3 Å². The Morgan fingerprint density at radius 1 is 1.20 bits per heavy atom. The zero-order chi connectivity index (χ0) is 14.7. The lowest BCUT2D eigenvalue weighted by molar-refractivity contribution is 0.102. The van der Waals surface area contributed by atoms with E-state index in [1.807, 2.05) is 13.0 Å².